The van der Waals surface area contributed by atoms with E-state index >= 15 is 0 Å². The van der Waals surface area contributed by atoms with Crippen molar-refractivity contribution in [2.75, 3.05) is 0 Å². The van der Waals surface area contributed by atoms with Crippen LogP contribution in [0.15, 0.2) is 5.51 Å². The topological polar surface area (TPSA) is 24.9 Å². The van der Waals surface area contributed by atoms with Crippen molar-refractivity contribution >= 4 is 36.2 Å². The van der Waals surface area contributed by atoms with Crippen LogP contribution in [0, 0.1) is 0 Å². The number of aromatic nitrogens is 1. The van der Waals surface area contributed by atoms with Gasteiger partial charge in [-0.2, -0.15) is 0 Å². The number of hydrogen-bond acceptors (Lipinski definition) is 3. The van der Waals surface area contributed by atoms with Gasteiger partial charge in [0.15, 0.2) is 0 Å². The number of fused-ring (bicyclic) bond motifs is 4. The molecule has 0 radical (unpaired) electrons. The van der Waals surface area contributed by atoms with Gasteiger partial charge in [0, 0.05) is 23.4 Å². The van der Waals surface area contributed by atoms with E-state index in [1.165, 1.54) is 29.8 Å². The van der Waals surface area contributed by atoms with Gasteiger partial charge in [-0.15, -0.1) is 36.2 Å². The van der Waals surface area contributed by atoms with E-state index in [2.05, 4.69) is 10.3 Å². The van der Waals surface area contributed by atoms with Crippen LogP contribution in [0.5, 0.6) is 0 Å². The molecule has 0 aliphatic carbocycles. The molecule has 2 atom stereocenters. The van der Waals surface area contributed by atoms with Gasteiger partial charge < -0.3 is 5.32 Å². The van der Waals surface area contributed by atoms with Crippen LogP contribution in [0.25, 0.3) is 0 Å². The van der Waals surface area contributed by atoms with Crippen molar-refractivity contribution in [2.45, 2.75) is 37.8 Å². The number of nitrogens with zero attached hydrogens (tertiary/aromatic N) is 1. The van der Waals surface area contributed by atoms with Crippen molar-refractivity contribution in [2.24, 2.45) is 0 Å². The minimum absolute atomic E-state index is 0. The van der Waals surface area contributed by atoms with Crippen LogP contribution in [-0.4, -0.2) is 11.0 Å². The van der Waals surface area contributed by atoms with Gasteiger partial charge >= 0.3 is 0 Å². The summed E-state index contributed by atoms with van der Waals surface area (Å²) in [6.07, 6.45) is 5.20. The third-order valence-electron chi connectivity index (χ3n) is 2.91. The van der Waals surface area contributed by atoms with Crippen LogP contribution >= 0.6 is 36.2 Å². The molecule has 1 saturated heterocycles. The first-order valence-electron chi connectivity index (χ1n) is 4.62. The number of piperidine rings is 1. The van der Waals surface area contributed by atoms with E-state index in [1.807, 2.05) is 16.8 Å². The second-order valence-electron chi connectivity index (χ2n) is 3.71. The average molecular weight is 253 g/mol. The Morgan fingerprint density at radius 1 is 1.36 bits per heavy atom. The van der Waals surface area contributed by atoms with Gasteiger partial charge in [-0.1, -0.05) is 0 Å². The standard InChI is InChI=1S/C9H12N2S.2ClH/c1-2-6-4-8-9(12-5-10-8)7(3-1)11-6;;/h5-7,11H,1-4H2;2*1H. The van der Waals surface area contributed by atoms with Gasteiger partial charge in [-0.05, 0) is 19.3 Å². The highest BCUT2D eigenvalue weighted by atomic mass is 35.5. The lowest BCUT2D eigenvalue weighted by molar-refractivity contribution is 0.304. The molecular weight excluding hydrogens is 239 g/mol. The predicted molar refractivity (Wildman–Crippen MR) is 63.8 cm³/mol. The SMILES string of the molecule is Cl.Cl.c1nc2c(s1)C1CCCC(C2)N1. The minimum Gasteiger partial charge on any atom is -0.306 e. The van der Waals surface area contributed by atoms with Crippen LogP contribution in [0.1, 0.15) is 35.9 Å². The zero-order valence-electron chi connectivity index (χ0n) is 7.73. The van der Waals surface area contributed by atoms with E-state index < -0.39 is 0 Å². The van der Waals surface area contributed by atoms with Gasteiger partial charge in [0.05, 0.1) is 11.2 Å². The summed E-state index contributed by atoms with van der Waals surface area (Å²) in [4.78, 5) is 5.92. The molecule has 1 aromatic rings. The first kappa shape index (κ1) is 12.2. The lowest BCUT2D eigenvalue weighted by atomic mass is 9.89. The summed E-state index contributed by atoms with van der Waals surface area (Å²) in [5.74, 6) is 0. The second kappa shape index (κ2) is 4.79. The van der Waals surface area contributed by atoms with Crippen molar-refractivity contribution in [3.05, 3.63) is 16.1 Å². The maximum atomic E-state index is 4.42. The highest BCUT2D eigenvalue weighted by Gasteiger charge is 2.31. The zero-order valence-corrected chi connectivity index (χ0v) is 10.2. The lowest BCUT2D eigenvalue weighted by Crippen LogP contribution is -2.42. The molecule has 5 heteroatoms. The lowest BCUT2D eigenvalue weighted by Gasteiger charge is -2.34. The smallest absolute Gasteiger partial charge is 0.0798 e. The molecule has 1 fully saturated rings. The molecule has 2 nitrogen and oxygen atoms in total. The van der Waals surface area contributed by atoms with Gasteiger partial charge in [0.25, 0.3) is 0 Å². The van der Waals surface area contributed by atoms with E-state index in [1.54, 1.807) is 0 Å². The highest BCUT2D eigenvalue weighted by molar-refractivity contribution is 7.09. The van der Waals surface area contributed by atoms with Crippen molar-refractivity contribution in [3.63, 3.8) is 0 Å². The average Bonchev–Trinajstić information content (AvgIpc) is 2.53. The Morgan fingerprint density at radius 3 is 3.07 bits per heavy atom. The molecule has 14 heavy (non-hydrogen) atoms. The van der Waals surface area contributed by atoms with Crippen LogP contribution in [0.2, 0.25) is 0 Å². The number of hydrogen-bond donors (Lipinski definition) is 1. The predicted octanol–water partition coefficient (Wildman–Crippen LogP) is 2.73. The molecule has 1 N–H and O–H groups in total. The molecule has 0 saturated carbocycles. The van der Waals surface area contributed by atoms with E-state index in [9.17, 15) is 0 Å². The Hall–Kier alpha value is 0.170. The molecular formula is C9H14Cl2N2S. The van der Waals surface area contributed by atoms with Crippen molar-refractivity contribution in [1.82, 2.24) is 10.3 Å². The summed E-state index contributed by atoms with van der Waals surface area (Å²) < 4.78 is 0. The van der Waals surface area contributed by atoms with E-state index in [0.717, 1.165) is 12.5 Å². The molecule has 1 aromatic heterocycles. The Bertz CT molecular complexity index is 303. The molecule has 2 aliphatic rings. The molecule has 0 aromatic carbocycles. The number of thiazole rings is 1. The summed E-state index contributed by atoms with van der Waals surface area (Å²) in [6.45, 7) is 0. The largest absolute Gasteiger partial charge is 0.306 e. The summed E-state index contributed by atoms with van der Waals surface area (Å²) >= 11 is 1.82. The summed E-state index contributed by atoms with van der Waals surface area (Å²) in [7, 11) is 0. The maximum Gasteiger partial charge on any atom is 0.0798 e. The van der Waals surface area contributed by atoms with Gasteiger partial charge in [0.2, 0.25) is 0 Å². The van der Waals surface area contributed by atoms with Crippen molar-refractivity contribution in [3.8, 4) is 0 Å². The summed E-state index contributed by atoms with van der Waals surface area (Å²) in [6, 6.07) is 1.36. The third kappa shape index (κ3) is 1.91. The van der Waals surface area contributed by atoms with Crippen molar-refractivity contribution < 1.29 is 0 Å². The molecule has 0 spiro atoms. The number of nitrogens with one attached hydrogen (secondary N) is 1. The Kier molecular flexibility index (Phi) is 4.19. The second-order valence-corrected chi connectivity index (χ2v) is 4.60. The van der Waals surface area contributed by atoms with E-state index in [-0.39, 0.29) is 24.8 Å². The number of rotatable bonds is 0. The third-order valence-corrected chi connectivity index (χ3v) is 3.90. The van der Waals surface area contributed by atoms with Crippen LogP contribution in [0.3, 0.4) is 0 Å². The van der Waals surface area contributed by atoms with Gasteiger partial charge in [-0.3, -0.25) is 0 Å². The first-order valence-corrected chi connectivity index (χ1v) is 5.50. The van der Waals surface area contributed by atoms with Gasteiger partial charge in [0.1, 0.15) is 0 Å². The maximum absolute atomic E-state index is 4.42. The highest BCUT2D eigenvalue weighted by Crippen LogP contribution is 2.35. The molecule has 2 aliphatic heterocycles. The molecule has 2 bridgehead atoms. The molecule has 0 amide bonds. The first-order chi connectivity index (χ1) is 5.93. The van der Waals surface area contributed by atoms with Crippen LogP contribution in [-0.2, 0) is 6.42 Å². The normalized spacial score (nSPS) is 28.3. The Morgan fingerprint density at radius 2 is 2.21 bits per heavy atom. The Labute approximate surface area is 100 Å². The molecule has 3 heterocycles. The molecule has 80 valence electrons. The monoisotopic (exact) mass is 252 g/mol. The fourth-order valence-corrected chi connectivity index (χ4v) is 3.25. The minimum atomic E-state index is 0. The van der Waals surface area contributed by atoms with Crippen LogP contribution < -0.4 is 5.32 Å². The van der Waals surface area contributed by atoms with E-state index in [4.69, 9.17) is 0 Å². The summed E-state index contributed by atoms with van der Waals surface area (Å²) in [5.41, 5.74) is 3.36. The van der Waals surface area contributed by atoms with Crippen molar-refractivity contribution in [1.29, 1.82) is 0 Å². The van der Waals surface area contributed by atoms with E-state index in [0.29, 0.717) is 6.04 Å². The quantitative estimate of drug-likeness (QED) is 0.769. The molecule has 2 unspecified atom stereocenters. The molecule has 3 rings (SSSR count). The van der Waals surface area contributed by atoms with Crippen LogP contribution in [0.4, 0.5) is 0 Å². The fourth-order valence-electron chi connectivity index (χ4n) is 2.34. The zero-order chi connectivity index (χ0) is 7.97. The summed E-state index contributed by atoms with van der Waals surface area (Å²) in [5, 5.41) is 3.67. The number of halogens is 2. The van der Waals surface area contributed by atoms with Gasteiger partial charge in [-0.25, -0.2) is 4.98 Å². The Balaban J connectivity index is 0.000000490. The fraction of sp³-hybridized carbons (Fsp3) is 0.667.